The summed E-state index contributed by atoms with van der Waals surface area (Å²) in [5.74, 6) is 1.26. The van der Waals surface area contributed by atoms with Crippen molar-refractivity contribution < 1.29 is 14.3 Å². The second-order valence-electron chi connectivity index (χ2n) is 12.1. The number of aromatic amines is 1. The third-order valence-electron chi connectivity index (χ3n) is 9.43. The fourth-order valence-corrected chi connectivity index (χ4v) is 7.16. The molecule has 8 nitrogen and oxygen atoms in total. The van der Waals surface area contributed by atoms with Crippen LogP contribution in [0.1, 0.15) is 60.6 Å². The van der Waals surface area contributed by atoms with Gasteiger partial charge in [0.25, 0.3) is 5.91 Å². The molecule has 4 fully saturated rings. The molecule has 8 rings (SSSR count). The zero-order chi connectivity index (χ0) is 27.3. The van der Waals surface area contributed by atoms with Crippen molar-refractivity contribution in [3.05, 3.63) is 78.1 Å². The number of rotatable bonds is 8. The van der Waals surface area contributed by atoms with E-state index in [0.29, 0.717) is 29.6 Å². The number of hydrogen-bond acceptors (Lipinski definition) is 6. The number of ether oxygens (including phenoxy) is 2. The van der Waals surface area contributed by atoms with Gasteiger partial charge in [-0.15, -0.1) is 0 Å². The summed E-state index contributed by atoms with van der Waals surface area (Å²) in [6.45, 7) is 1.78. The van der Waals surface area contributed by atoms with Crippen LogP contribution in [0.25, 0.3) is 22.2 Å². The van der Waals surface area contributed by atoms with Crippen LogP contribution < -0.4 is 10.1 Å². The van der Waals surface area contributed by atoms with Gasteiger partial charge in [0.15, 0.2) is 0 Å². The number of amides is 1. The van der Waals surface area contributed by atoms with Gasteiger partial charge in [-0.1, -0.05) is 6.07 Å². The smallest absolute Gasteiger partial charge is 0.251 e. The number of carbonyl (C=O) groups excluding carboxylic acids is 1. The highest BCUT2D eigenvalue weighted by Gasteiger charge is 2.46. The normalized spacial score (nSPS) is 25.1. The van der Waals surface area contributed by atoms with E-state index in [1.165, 1.54) is 12.8 Å². The standard InChI is InChI=1S/C33H35N5O3/c39-33(35-32(21-4-5-21)30-3-1-2-14-34-30)22-8-13-29-28(15-22)31(37-36-29)20-6-11-26(12-7-20)41-27-16-23-9-10-24(17-27)38(23)25-18-40-19-25/h1-3,6-8,11-15,21,23-25,27,32H,4-5,9-10,16-19H2,(H,35,39)(H,36,37)/t23-,24+,27-,32?. The van der Waals surface area contributed by atoms with Gasteiger partial charge >= 0.3 is 0 Å². The van der Waals surface area contributed by atoms with Crippen molar-refractivity contribution in [3.63, 3.8) is 0 Å². The number of nitrogens with zero attached hydrogens (tertiary/aromatic N) is 3. The molecule has 0 spiro atoms. The van der Waals surface area contributed by atoms with Crippen LogP contribution in [0, 0.1) is 5.92 Å². The molecule has 3 aliphatic heterocycles. The lowest BCUT2D eigenvalue weighted by molar-refractivity contribution is -0.102. The third kappa shape index (κ3) is 4.79. The molecule has 1 saturated carbocycles. The predicted octanol–water partition coefficient (Wildman–Crippen LogP) is 5.28. The van der Waals surface area contributed by atoms with Gasteiger partial charge in [0.2, 0.25) is 0 Å². The second kappa shape index (κ2) is 10.3. The lowest BCUT2D eigenvalue weighted by Crippen LogP contribution is -2.57. The molecule has 3 saturated heterocycles. The molecule has 4 aromatic rings. The first-order valence-electron chi connectivity index (χ1n) is 15.0. The first-order chi connectivity index (χ1) is 20.2. The number of H-pyrrole nitrogens is 1. The Hall–Kier alpha value is -3.75. The molecule has 2 N–H and O–H groups in total. The summed E-state index contributed by atoms with van der Waals surface area (Å²) >= 11 is 0. The Morgan fingerprint density at radius 2 is 1.78 bits per heavy atom. The molecule has 1 aliphatic carbocycles. The molecular formula is C33H35N5O3. The lowest BCUT2D eigenvalue weighted by Gasteiger charge is -2.46. The zero-order valence-electron chi connectivity index (χ0n) is 23.0. The Morgan fingerprint density at radius 3 is 2.46 bits per heavy atom. The van der Waals surface area contributed by atoms with Gasteiger partial charge in [0, 0.05) is 34.8 Å². The lowest BCUT2D eigenvalue weighted by atomic mass is 9.96. The highest BCUT2D eigenvalue weighted by Crippen LogP contribution is 2.41. The van der Waals surface area contributed by atoms with Crippen molar-refractivity contribution >= 4 is 16.8 Å². The molecule has 5 heterocycles. The minimum absolute atomic E-state index is 0.0644. The quantitative estimate of drug-likeness (QED) is 0.311. The van der Waals surface area contributed by atoms with E-state index in [0.717, 1.165) is 72.5 Å². The van der Waals surface area contributed by atoms with Gasteiger partial charge in [-0.25, -0.2) is 0 Å². The van der Waals surface area contributed by atoms with Crippen LogP contribution in [0.15, 0.2) is 66.9 Å². The average molecular weight is 550 g/mol. The largest absolute Gasteiger partial charge is 0.490 e. The van der Waals surface area contributed by atoms with Crippen LogP contribution >= 0.6 is 0 Å². The second-order valence-corrected chi connectivity index (χ2v) is 12.1. The van der Waals surface area contributed by atoms with E-state index >= 15 is 0 Å². The summed E-state index contributed by atoms with van der Waals surface area (Å²) in [6, 6.07) is 21.6. The Labute approximate surface area is 239 Å². The first kappa shape index (κ1) is 25.0. The van der Waals surface area contributed by atoms with E-state index in [1.807, 2.05) is 48.5 Å². The number of pyridine rings is 1. The highest BCUT2D eigenvalue weighted by atomic mass is 16.5. The fourth-order valence-electron chi connectivity index (χ4n) is 7.16. The summed E-state index contributed by atoms with van der Waals surface area (Å²) in [7, 11) is 0. The monoisotopic (exact) mass is 549 g/mol. The van der Waals surface area contributed by atoms with Crippen LogP contribution in [0.3, 0.4) is 0 Å². The number of hydrogen-bond donors (Lipinski definition) is 2. The van der Waals surface area contributed by atoms with Crippen LogP contribution in [-0.2, 0) is 4.74 Å². The van der Waals surface area contributed by atoms with Gasteiger partial charge in [-0.05, 0) is 99.0 Å². The molecule has 41 heavy (non-hydrogen) atoms. The molecule has 4 aliphatic rings. The Kier molecular flexibility index (Phi) is 6.26. The predicted molar refractivity (Wildman–Crippen MR) is 156 cm³/mol. The molecule has 2 aromatic heterocycles. The Morgan fingerprint density at radius 1 is 0.976 bits per heavy atom. The molecule has 8 heteroatoms. The van der Waals surface area contributed by atoms with Crippen molar-refractivity contribution in [2.45, 2.75) is 68.8 Å². The Balaban J connectivity index is 0.970. The number of fused-ring (bicyclic) bond motifs is 3. The highest BCUT2D eigenvalue weighted by molar-refractivity contribution is 6.01. The SMILES string of the molecule is O=C(NC(c1ccccn1)C1CC1)c1ccc2[nH]nc(-c3ccc(O[C@@H]4C[C@H]5CC[C@@H](C4)N5C4COC4)cc3)c2c1. The van der Waals surface area contributed by atoms with Crippen molar-refractivity contribution in [2.24, 2.45) is 5.92 Å². The zero-order valence-corrected chi connectivity index (χ0v) is 23.0. The van der Waals surface area contributed by atoms with E-state index in [-0.39, 0.29) is 18.1 Å². The summed E-state index contributed by atoms with van der Waals surface area (Å²) < 4.78 is 11.9. The van der Waals surface area contributed by atoms with E-state index in [2.05, 4.69) is 37.5 Å². The minimum Gasteiger partial charge on any atom is -0.490 e. The maximum Gasteiger partial charge on any atom is 0.251 e. The van der Waals surface area contributed by atoms with Crippen molar-refractivity contribution in [3.8, 4) is 17.0 Å². The maximum absolute atomic E-state index is 13.3. The summed E-state index contributed by atoms with van der Waals surface area (Å²) in [5, 5.41) is 11.9. The summed E-state index contributed by atoms with van der Waals surface area (Å²) in [4.78, 5) is 20.6. The van der Waals surface area contributed by atoms with Gasteiger partial charge in [0.05, 0.1) is 42.2 Å². The molecule has 2 bridgehead atoms. The van der Waals surface area contributed by atoms with Crippen molar-refractivity contribution in [1.29, 1.82) is 0 Å². The third-order valence-corrected chi connectivity index (χ3v) is 9.43. The van der Waals surface area contributed by atoms with Gasteiger partial charge in [0.1, 0.15) is 11.9 Å². The van der Waals surface area contributed by atoms with Crippen LogP contribution in [-0.4, -0.2) is 63.4 Å². The minimum atomic E-state index is -0.0878. The average Bonchev–Trinajstić information content (AvgIpc) is 3.68. The molecule has 4 atom stereocenters. The maximum atomic E-state index is 13.3. The molecular weight excluding hydrogens is 514 g/mol. The number of aromatic nitrogens is 3. The number of benzene rings is 2. The number of piperidine rings is 1. The van der Waals surface area contributed by atoms with Crippen LogP contribution in [0.5, 0.6) is 5.75 Å². The van der Waals surface area contributed by atoms with Crippen LogP contribution in [0.4, 0.5) is 0 Å². The van der Waals surface area contributed by atoms with Crippen LogP contribution in [0.2, 0.25) is 0 Å². The van der Waals surface area contributed by atoms with Gasteiger partial charge < -0.3 is 14.8 Å². The summed E-state index contributed by atoms with van der Waals surface area (Å²) in [6.07, 6.45) is 9.00. The van der Waals surface area contributed by atoms with E-state index < -0.39 is 0 Å². The van der Waals surface area contributed by atoms with Gasteiger partial charge in [-0.2, -0.15) is 5.10 Å². The molecule has 2 aromatic carbocycles. The van der Waals surface area contributed by atoms with Crippen molar-refractivity contribution in [1.82, 2.24) is 25.4 Å². The van der Waals surface area contributed by atoms with E-state index in [9.17, 15) is 4.79 Å². The molecule has 0 radical (unpaired) electrons. The molecule has 210 valence electrons. The van der Waals surface area contributed by atoms with E-state index in [4.69, 9.17) is 9.47 Å². The van der Waals surface area contributed by atoms with E-state index in [1.54, 1.807) is 6.20 Å². The topological polar surface area (TPSA) is 92.4 Å². The molecule has 1 unspecified atom stereocenters. The first-order valence-corrected chi connectivity index (χ1v) is 15.0. The Bertz CT molecular complexity index is 1530. The number of carbonyl (C=O) groups is 1. The van der Waals surface area contributed by atoms with Crippen molar-refractivity contribution in [2.75, 3.05) is 13.2 Å². The number of nitrogens with one attached hydrogen (secondary N) is 2. The van der Waals surface area contributed by atoms with Gasteiger partial charge in [-0.3, -0.25) is 19.8 Å². The summed E-state index contributed by atoms with van der Waals surface area (Å²) in [5.41, 5.74) is 4.27. The fraction of sp³-hybridized carbons (Fsp3) is 0.424. The molecule has 1 amide bonds.